The molecule has 1 heterocycles. The van der Waals surface area contributed by atoms with Crippen LogP contribution in [0.5, 0.6) is 11.5 Å². The fourth-order valence-corrected chi connectivity index (χ4v) is 2.19. The maximum atomic E-state index is 11.9. The van der Waals surface area contributed by atoms with Gasteiger partial charge in [-0.1, -0.05) is 6.07 Å². The van der Waals surface area contributed by atoms with Gasteiger partial charge in [0, 0.05) is 13.0 Å². The van der Waals surface area contributed by atoms with Crippen LogP contribution >= 0.6 is 0 Å². The molecule has 0 spiro atoms. The van der Waals surface area contributed by atoms with Crippen molar-refractivity contribution in [3.8, 4) is 11.5 Å². The predicted octanol–water partition coefficient (Wildman–Crippen LogP) is 1.46. The number of hydrogen-bond donors (Lipinski definition) is 1. The molecule has 0 fully saturated rings. The first-order chi connectivity index (χ1) is 10.1. The highest BCUT2D eigenvalue weighted by Crippen LogP contribution is 2.30. The largest absolute Gasteiger partial charge is 0.490 e. The first kappa shape index (κ1) is 15.6. The molecular formula is C16H24N2O3. The van der Waals surface area contributed by atoms with E-state index in [0.29, 0.717) is 26.2 Å². The third kappa shape index (κ3) is 5.27. The molecule has 1 N–H and O–H groups in total. The molecule has 5 nitrogen and oxygen atoms in total. The summed E-state index contributed by atoms with van der Waals surface area (Å²) in [7, 11) is 4.05. The lowest BCUT2D eigenvalue weighted by molar-refractivity contribution is -0.120. The summed E-state index contributed by atoms with van der Waals surface area (Å²) in [5, 5.41) is 2.94. The predicted molar refractivity (Wildman–Crippen MR) is 81.9 cm³/mol. The van der Waals surface area contributed by atoms with Gasteiger partial charge in [0.1, 0.15) is 0 Å². The molecule has 0 bridgehead atoms. The Bertz CT molecular complexity index is 475. The standard InChI is InChI=1S/C16H24N2O3/c1-18(2)8-3-7-17-16(19)12-13-5-6-14-15(11-13)21-10-4-9-20-14/h5-6,11H,3-4,7-10,12H2,1-2H3,(H,17,19). The van der Waals surface area contributed by atoms with Crippen molar-refractivity contribution in [2.24, 2.45) is 0 Å². The van der Waals surface area contributed by atoms with Gasteiger partial charge in [0.2, 0.25) is 5.91 Å². The molecule has 116 valence electrons. The van der Waals surface area contributed by atoms with Crippen LogP contribution in [0.15, 0.2) is 18.2 Å². The second-order valence-electron chi connectivity index (χ2n) is 5.52. The lowest BCUT2D eigenvalue weighted by Crippen LogP contribution is -2.28. The molecule has 1 aliphatic heterocycles. The Morgan fingerprint density at radius 1 is 1.24 bits per heavy atom. The molecule has 1 aliphatic rings. The fourth-order valence-electron chi connectivity index (χ4n) is 2.19. The number of nitrogens with one attached hydrogen (secondary N) is 1. The van der Waals surface area contributed by atoms with Crippen molar-refractivity contribution in [1.82, 2.24) is 10.2 Å². The highest BCUT2D eigenvalue weighted by Gasteiger charge is 2.12. The highest BCUT2D eigenvalue weighted by molar-refractivity contribution is 5.78. The van der Waals surface area contributed by atoms with E-state index in [-0.39, 0.29) is 5.91 Å². The van der Waals surface area contributed by atoms with Crippen LogP contribution in [0.4, 0.5) is 0 Å². The molecule has 1 aromatic rings. The Balaban J connectivity index is 1.82. The monoisotopic (exact) mass is 292 g/mol. The van der Waals surface area contributed by atoms with Crippen molar-refractivity contribution in [2.75, 3.05) is 40.4 Å². The fraction of sp³-hybridized carbons (Fsp3) is 0.562. The van der Waals surface area contributed by atoms with E-state index in [1.54, 1.807) is 0 Å². The molecule has 2 rings (SSSR count). The van der Waals surface area contributed by atoms with E-state index in [2.05, 4.69) is 10.2 Å². The van der Waals surface area contributed by atoms with E-state index >= 15 is 0 Å². The molecule has 1 aromatic carbocycles. The summed E-state index contributed by atoms with van der Waals surface area (Å²) in [5.74, 6) is 1.55. The number of carbonyl (C=O) groups is 1. The molecule has 0 radical (unpaired) electrons. The highest BCUT2D eigenvalue weighted by atomic mass is 16.5. The van der Waals surface area contributed by atoms with Crippen LogP contribution in [0.2, 0.25) is 0 Å². The number of benzene rings is 1. The molecule has 0 unspecified atom stereocenters. The third-order valence-corrected chi connectivity index (χ3v) is 3.28. The summed E-state index contributed by atoms with van der Waals surface area (Å²) in [6.07, 6.45) is 2.22. The molecule has 21 heavy (non-hydrogen) atoms. The van der Waals surface area contributed by atoms with Crippen LogP contribution in [0.25, 0.3) is 0 Å². The zero-order valence-electron chi connectivity index (χ0n) is 12.9. The summed E-state index contributed by atoms with van der Waals surface area (Å²) in [4.78, 5) is 14.0. The van der Waals surface area contributed by atoms with E-state index in [0.717, 1.165) is 36.4 Å². The molecule has 1 amide bonds. The summed E-state index contributed by atoms with van der Waals surface area (Å²) in [6.45, 7) is 3.03. The van der Waals surface area contributed by atoms with Gasteiger partial charge >= 0.3 is 0 Å². The normalized spacial score (nSPS) is 13.9. The summed E-state index contributed by atoms with van der Waals surface area (Å²) in [5.41, 5.74) is 0.948. The maximum Gasteiger partial charge on any atom is 0.224 e. The second kappa shape index (κ2) is 7.88. The average Bonchev–Trinajstić information content (AvgIpc) is 2.68. The van der Waals surface area contributed by atoms with E-state index in [1.165, 1.54) is 0 Å². The van der Waals surface area contributed by atoms with Crippen molar-refractivity contribution < 1.29 is 14.3 Å². The van der Waals surface area contributed by atoms with Crippen LogP contribution in [0.1, 0.15) is 18.4 Å². The van der Waals surface area contributed by atoms with Crippen LogP contribution < -0.4 is 14.8 Å². The first-order valence-corrected chi connectivity index (χ1v) is 7.45. The number of amides is 1. The lowest BCUT2D eigenvalue weighted by atomic mass is 10.1. The Hall–Kier alpha value is -1.75. The topological polar surface area (TPSA) is 50.8 Å². The van der Waals surface area contributed by atoms with Crippen molar-refractivity contribution in [2.45, 2.75) is 19.3 Å². The van der Waals surface area contributed by atoms with Gasteiger partial charge in [0.15, 0.2) is 11.5 Å². The molecule has 0 saturated heterocycles. The van der Waals surface area contributed by atoms with Crippen LogP contribution in [0, 0.1) is 0 Å². The number of rotatable bonds is 6. The van der Waals surface area contributed by atoms with Gasteiger partial charge in [0.25, 0.3) is 0 Å². The Morgan fingerprint density at radius 3 is 2.76 bits per heavy atom. The van der Waals surface area contributed by atoms with Crippen molar-refractivity contribution in [1.29, 1.82) is 0 Å². The molecule has 0 aliphatic carbocycles. The molecule has 5 heteroatoms. The molecular weight excluding hydrogens is 268 g/mol. The molecule has 0 atom stereocenters. The number of fused-ring (bicyclic) bond motifs is 1. The Morgan fingerprint density at radius 2 is 2.00 bits per heavy atom. The second-order valence-corrected chi connectivity index (χ2v) is 5.52. The number of nitrogens with zero attached hydrogens (tertiary/aromatic N) is 1. The van der Waals surface area contributed by atoms with E-state index in [9.17, 15) is 4.79 Å². The summed E-state index contributed by atoms with van der Waals surface area (Å²) in [6, 6.07) is 5.71. The SMILES string of the molecule is CN(C)CCCNC(=O)Cc1ccc2c(c1)OCCCO2. The van der Waals surface area contributed by atoms with Crippen LogP contribution in [0.3, 0.4) is 0 Å². The van der Waals surface area contributed by atoms with Gasteiger partial charge < -0.3 is 19.7 Å². The number of carbonyl (C=O) groups excluding carboxylic acids is 1. The minimum atomic E-state index is 0.0447. The van der Waals surface area contributed by atoms with Crippen molar-refractivity contribution in [3.63, 3.8) is 0 Å². The minimum Gasteiger partial charge on any atom is -0.490 e. The average molecular weight is 292 g/mol. The van der Waals surface area contributed by atoms with Gasteiger partial charge in [-0.05, 0) is 44.8 Å². The molecule has 0 aromatic heterocycles. The third-order valence-electron chi connectivity index (χ3n) is 3.28. The van der Waals surface area contributed by atoms with Gasteiger partial charge in [-0.25, -0.2) is 0 Å². The van der Waals surface area contributed by atoms with E-state index in [1.807, 2.05) is 32.3 Å². The van der Waals surface area contributed by atoms with E-state index < -0.39 is 0 Å². The summed E-state index contributed by atoms with van der Waals surface area (Å²) < 4.78 is 11.2. The molecule has 0 saturated carbocycles. The Labute approximate surface area is 126 Å². The first-order valence-electron chi connectivity index (χ1n) is 7.45. The van der Waals surface area contributed by atoms with Crippen molar-refractivity contribution in [3.05, 3.63) is 23.8 Å². The zero-order chi connectivity index (χ0) is 15.1. The van der Waals surface area contributed by atoms with Gasteiger partial charge in [-0.2, -0.15) is 0 Å². The van der Waals surface area contributed by atoms with Gasteiger partial charge in [-0.3, -0.25) is 4.79 Å². The number of hydrogen-bond acceptors (Lipinski definition) is 4. The Kier molecular flexibility index (Phi) is 5.87. The van der Waals surface area contributed by atoms with Crippen LogP contribution in [-0.4, -0.2) is 51.2 Å². The van der Waals surface area contributed by atoms with E-state index in [4.69, 9.17) is 9.47 Å². The lowest BCUT2D eigenvalue weighted by Gasteiger charge is -2.11. The quantitative estimate of drug-likeness (QED) is 0.807. The van der Waals surface area contributed by atoms with Crippen molar-refractivity contribution >= 4 is 5.91 Å². The maximum absolute atomic E-state index is 11.9. The zero-order valence-corrected chi connectivity index (χ0v) is 12.9. The smallest absolute Gasteiger partial charge is 0.224 e. The van der Waals surface area contributed by atoms with Gasteiger partial charge in [-0.15, -0.1) is 0 Å². The number of ether oxygens (including phenoxy) is 2. The summed E-state index contributed by atoms with van der Waals surface area (Å²) >= 11 is 0. The van der Waals surface area contributed by atoms with Gasteiger partial charge in [0.05, 0.1) is 19.6 Å². The van der Waals surface area contributed by atoms with Crippen LogP contribution in [-0.2, 0) is 11.2 Å². The minimum absolute atomic E-state index is 0.0447.